The SMILES string of the molecule is N#Cc1c(-c2ccccc2)cc(-c2ccc(Cl)cc2)nc1SCc1ccc(O)c(C=O)c1. The summed E-state index contributed by atoms with van der Waals surface area (Å²) in [6.45, 7) is 0. The smallest absolute Gasteiger partial charge is 0.153 e. The maximum atomic E-state index is 11.1. The minimum Gasteiger partial charge on any atom is -0.507 e. The Bertz CT molecular complexity index is 1320. The number of nitriles is 1. The molecule has 0 fully saturated rings. The van der Waals surface area contributed by atoms with Crippen molar-refractivity contribution in [2.45, 2.75) is 10.8 Å². The lowest BCUT2D eigenvalue weighted by Crippen LogP contribution is -1.96. The molecule has 0 saturated carbocycles. The largest absolute Gasteiger partial charge is 0.507 e. The monoisotopic (exact) mass is 456 g/mol. The van der Waals surface area contributed by atoms with E-state index in [1.54, 1.807) is 12.1 Å². The molecule has 1 heterocycles. The van der Waals surface area contributed by atoms with Gasteiger partial charge in [-0.3, -0.25) is 4.79 Å². The summed E-state index contributed by atoms with van der Waals surface area (Å²) in [5.74, 6) is 0.432. The predicted molar refractivity (Wildman–Crippen MR) is 128 cm³/mol. The van der Waals surface area contributed by atoms with Gasteiger partial charge in [-0.2, -0.15) is 5.26 Å². The first-order chi connectivity index (χ1) is 15.6. The summed E-state index contributed by atoms with van der Waals surface area (Å²) in [7, 11) is 0. The summed E-state index contributed by atoms with van der Waals surface area (Å²) >= 11 is 7.46. The van der Waals surface area contributed by atoms with Crippen LogP contribution in [-0.2, 0) is 5.75 Å². The molecule has 32 heavy (non-hydrogen) atoms. The molecule has 0 aliphatic heterocycles. The normalized spacial score (nSPS) is 10.5. The van der Waals surface area contributed by atoms with E-state index in [1.165, 1.54) is 17.8 Å². The number of phenols is 1. The van der Waals surface area contributed by atoms with Gasteiger partial charge in [0.05, 0.1) is 16.8 Å². The minimum absolute atomic E-state index is 0.0549. The first-order valence-electron chi connectivity index (χ1n) is 9.75. The van der Waals surface area contributed by atoms with E-state index in [2.05, 4.69) is 6.07 Å². The van der Waals surface area contributed by atoms with E-state index in [9.17, 15) is 15.2 Å². The molecule has 6 heteroatoms. The number of aldehydes is 1. The Kier molecular flexibility index (Phi) is 6.55. The molecule has 0 spiro atoms. The Morgan fingerprint density at radius 2 is 1.75 bits per heavy atom. The highest BCUT2D eigenvalue weighted by Crippen LogP contribution is 2.35. The molecule has 0 unspecified atom stereocenters. The zero-order chi connectivity index (χ0) is 22.5. The van der Waals surface area contributed by atoms with Gasteiger partial charge in [-0.25, -0.2) is 4.98 Å². The number of benzene rings is 3. The highest BCUT2D eigenvalue weighted by atomic mass is 35.5. The topological polar surface area (TPSA) is 74.0 Å². The summed E-state index contributed by atoms with van der Waals surface area (Å²) in [5, 5.41) is 21.0. The van der Waals surface area contributed by atoms with E-state index in [4.69, 9.17) is 16.6 Å². The first kappa shape index (κ1) is 21.6. The quantitative estimate of drug-likeness (QED) is 0.256. The van der Waals surface area contributed by atoms with Crippen LogP contribution in [0.2, 0.25) is 5.02 Å². The van der Waals surface area contributed by atoms with Gasteiger partial charge in [0.25, 0.3) is 0 Å². The molecule has 4 rings (SSSR count). The highest BCUT2D eigenvalue weighted by Gasteiger charge is 2.16. The number of aromatic nitrogens is 1. The molecular formula is C26H17ClN2O2S. The standard InChI is InChI=1S/C26H17ClN2O2S/c27-21-9-7-19(8-10-21)24-13-22(18-4-2-1-3-5-18)23(14-28)26(29-24)32-16-17-6-11-25(31)20(12-17)15-30/h1-13,15,31H,16H2. The van der Waals surface area contributed by atoms with Gasteiger partial charge in [0, 0.05) is 21.9 Å². The number of carbonyl (C=O) groups excluding carboxylic acids is 1. The number of hydrogen-bond acceptors (Lipinski definition) is 5. The van der Waals surface area contributed by atoms with Crippen LogP contribution in [0.4, 0.5) is 0 Å². The summed E-state index contributed by atoms with van der Waals surface area (Å²) < 4.78 is 0. The number of phenolic OH excluding ortho intramolecular Hbond substituents is 1. The fraction of sp³-hybridized carbons (Fsp3) is 0.0385. The van der Waals surface area contributed by atoms with Crippen molar-refractivity contribution in [2.75, 3.05) is 0 Å². The number of hydrogen-bond donors (Lipinski definition) is 1. The zero-order valence-electron chi connectivity index (χ0n) is 16.8. The molecule has 0 amide bonds. The molecule has 0 aliphatic carbocycles. The van der Waals surface area contributed by atoms with E-state index in [-0.39, 0.29) is 11.3 Å². The summed E-state index contributed by atoms with van der Waals surface area (Å²) in [6.07, 6.45) is 0.622. The van der Waals surface area contributed by atoms with E-state index >= 15 is 0 Å². The minimum atomic E-state index is -0.0549. The van der Waals surface area contributed by atoms with Gasteiger partial charge in [0.1, 0.15) is 16.8 Å². The third kappa shape index (κ3) is 4.67. The average molecular weight is 457 g/mol. The van der Waals surface area contributed by atoms with Crippen LogP contribution in [0, 0.1) is 11.3 Å². The second-order valence-corrected chi connectivity index (χ2v) is 8.42. The van der Waals surface area contributed by atoms with Crippen LogP contribution in [-0.4, -0.2) is 16.4 Å². The van der Waals surface area contributed by atoms with Gasteiger partial charge >= 0.3 is 0 Å². The van der Waals surface area contributed by atoms with Crippen molar-refractivity contribution in [2.24, 2.45) is 0 Å². The second-order valence-electron chi connectivity index (χ2n) is 7.02. The Labute approximate surface area is 195 Å². The number of carbonyl (C=O) groups is 1. The molecule has 4 nitrogen and oxygen atoms in total. The molecule has 156 valence electrons. The Balaban J connectivity index is 1.79. The van der Waals surface area contributed by atoms with Crippen LogP contribution in [0.25, 0.3) is 22.4 Å². The van der Waals surface area contributed by atoms with Gasteiger partial charge in [0.15, 0.2) is 6.29 Å². The number of nitrogens with zero attached hydrogens (tertiary/aromatic N) is 2. The van der Waals surface area contributed by atoms with Crippen molar-refractivity contribution in [1.82, 2.24) is 4.98 Å². The van der Waals surface area contributed by atoms with Gasteiger partial charge in [-0.1, -0.05) is 60.1 Å². The van der Waals surface area contributed by atoms with E-state index in [1.807, 2.05) is 60.7 Å². The van der Waals surface area contributed by atoms with Crippen molar-refractivity contribution in [3.8, 4) is 34.2 Å². The Hall–Kier alpha value is -3.59. The van der Waals surface area contributed by atoms with Crippen LogP contribution in [0.1, 0.15) is 21.5 Å². The summed E-state index contributed by atoms with van der Waals surface area (Å²) in [5.41, 5.74) is 4.93. The van der Waals surface area contributed by atoms with Gasteiger partial charge in [-0.05, 0) is 41.5 Å². The summed E-state index contributed by atoms with van der Waals surface area (Å²) in [6, 6.07) is 26.3. The molecular weight excluding hydrogens is 440 g/mol. The molecule has 0 bridgehead atoms. The Morgan fingerprint density at radius 1 is 1.00 bits per heavy atom. The predicted octanol–water partition coefficient (Wildman–Crippen LogP) is 6.75. The maximum absolute atomic E-state index is 11.1. The van der Waals surface area contributed by atoms with Gasteiger partial charge in [0.2, 0.25) is 0 Å². The molecule has 0 saturated heterocycles. The van der Waals surface area contributed by atoms with Crippen LogP contribution in [0.15, 0.2) is 83.9 Å². The maximum Gasteiger partial charge on any atom is 0.153 e. The molecule has 0 radical (unpaired) electrons. The number of pyridine rings is 1. The van der Waals surface area contributed by atoms with Gasteiger partial charge < -0.3 is 5.11 Å². The fourth-order valence-electron chi connectivity index (χ4n) is 3.29. The van der Waals surface area contributed by atoms with Crippen molar-refractivity contribution in [3.63, 3.8) is 0 Å². The fourth-order valence-corrected chi connectivity index (χ4v) is 4.36. The van der Waals surface area contributed by atoms with Crippen LogP contribution < -0.4 is 0 Å². The lowest BCUT2D eigenvalue weighted by molar-refractivity contribution is 0.112. The average Bonchev–Trinajstić information content (AvgIpc) is 2.84. The molecule has 0 aliphatic rings. The van der Waals surface area contributed by atoms with E-state index in [0.29, 0.717) is 27.7 Å². The van der Waals surface area contributed by atoms with E-state index in [0.717, 1.165) is 27.9 Å². The van der Waals surface area contributed by atoms with Crippen molar-refractivity contribution < 1.29 is 9.90 Å². The molecule has 1 aromatic heterocycles. The number of aromatic hydroxyl groups is 1. The molecule has 3 aromatic carbocycles. The number of thioether (sulfide) groups is 1. The third-order valence-corrected chi connectivity index (χ3v) is 6.22. The van der Waals surface area contributed by atoms with Crippen molar-refractivity contribution in [1.29, 1.82) is 5.26 Å². The molecule has 1 N–H and O–H groups in total. The molecule has 4 aromatic rings. The summed E-state index contributed by atoms with van der Waals surface area (Å²) in [4.78, 5) is 15.9. The number of rotatable bonds is 6. The lowest BCUT2D eigenvalue weighted by atomic mass is 9.99. The van der Waals surface area contributed by atoms with Crippen LogP contribution in [0.5, 0.6) is 5.75 Å². The Morgan fingerprint density at radius 3 is 2.44 bits per heavy atom. The highest BCUT2D eigenvalue weighted by molar-refractivity contribution is 7.98. The second kappa shape index (κ2) is 9.69. The first-order valence-corrected chi connectivity index (χ1v) is 11.1. The number of halogens is 1. The molecule has 0 atom stereocenters. The third-order valence-electron chi connectivity index (χ3n) is 4.92. The zero-order valence-corrected chi connectivity index (χ0v) is 18.4. The van der Waals surface area contributed by atoms with Gasteiger partial charge in [-0.15, -0.1) is 11.8 Å². The lowest BCUT2D eigenvalue weighted by Gasteiger charge is -2.13. The van der Waals surface area contributed by atoms with Crippen molar-refractivity contribution >= 4 is 29.6 Å². The van der Waals surface area contributed by atoms with E-state index < -0.39 is 0 Å². The van der Waals surface area contributed by atoms with Crippen LogP contribution in [0.3, 0.4) is 0 Å². The van der Waals surface area contributed by atoms with Crippen molar-refractivity contribution in [3.05, 3.63) is 101 Å². The van der Waals surface area contributed by atoms with Crippen LogP contribution >= 0.6 is 23.4 Å².